The standard InChI is InChI=1S/C21H26ClNO2/c1-17(18-10-5-3-6-11-18)23(15-9-14-22)20(16-21(24)25-2)19-12-7-4-8-13-19/h3-8,10-13,17,20H,9,14-16H2,1-2H3/t17-,20+/m1/s1. The number of carbonyl (C=O) groups is 1. The van der Waals surface area contributed by atoms with Gasteiger partial charge < -0.3 is 4.74 Å². The molecule has 0 amide bonds. The van der Waals surface area contributed by atoms with E-state index in [1.807, 2.05) is 36.4 Å². The van der Waals surface area contributed by atoms with Gasteiger partial charge in [-0.3, -0.25) is 9.69 Å². The van der Waals surface area contributed by atoms with Gasteiger partial charge in [-0.05, 0) is 24.5 Å². The number of rotatable bonds is 9. The van der Waals surface area contributed by atoms with Gasteiger partial charge in [0.15, 0.2) is 0 Å². The third-order valence-corrected chi connectivity index (χ3v) is 4.77. The van der Waals surface area contributed by atoms with Crippen molar-refractivity contribution in [2.24, 2.45) is 0 Å². The Morgan fingerprint density at radius 2 is 1.60 bits per heavy atom. The highest BCUT2D eigenvalue weighted by Crippen LogP contribution is 2.33. The predicted molar refractivity (Wildman–Crippen MR) is 103 cm³/mol. The summed E-state index contributed by atoms with van der Waals surface area (Å²) in [5.74, 6) is 0.391. The quantitative estimate of drug-likeness (QED) is 0.467. The first-order valence-electron chi connectivity index (χ1n) is 8.65. The van der Waals surface area contributed by atoms with E-state index in [2.05, 4.69) is 36.1 Å². The van der Waals surface area contributed by atoms with Gasteiger partial charge in [-0.15, -0.1) is 11.6 Å². The van der Waals surface area contributed by atoms with E-state index >= 15 is 0 Å². The number of alkyl halides is 1. The van der Waals surface area contributed by atoms with E-state index in [-0.39, 0.29) is 18.1 Å². The molecule has 134 valence electrons. The number of hydrogen-bond donors (Lipinski definition) is 0. The third-order valence-electron chi connectivity index (χ3n) is 4.50. The summed E-state index contributed by atoms with van der Waals surface area (Å²) in [7, 11) is 1.44. The molecule has 2 atom stereocenters. The summed E-state index contributed by atoms with van der Waals surface area (Å²) in [6.45, 7) is 2.99. The van der Waals surface area contributed by atoms with Crippen molar-refractivity contribution < 1.29 is 9.53 Å². The number of ether oxygens (including phenoxy) is 1. The minimum Gasteiger partial charge on any atom is -0.469 e. The Labute approximate surface area is 155 Å². The van der Waals surface area contributed by atoms with Crippen LogP contribution in [0.25, 0.3) is 0 Å². The van der Waals surface area contributed by atoms with Crippen molar-refractivity contribution >= 4 is 17.6 Å². The first-order chi connectivity index (χ1) is 12.2. The lowest BCUT2D eigenvalue weighted by Crippen LogP contribution is -2.34. The van der Waals surface area contributed by atoms with Crippen LogP contribution in [0.4, 0.5) is 0 Å². The number of esters is 1. The molecule has 0 saturated heterocycles. The Morgan fingerprint density at radius 3 is 2.12 bits per heavy atom. The maximum absolute atomic E-state index is 12.1. The molecule has 4 heteroatoms. The highest BCUT2D eigenvalue weighted by molar-refractivity contribution is 6.17. The average molecular weight is 360 g/mol. The molecular formula is C21H26ClNO2. The van der Waals surface area contributed by atoms with E-state index in [9.17, 15) is 4.79 Å². The van der Waals surface area contributed by atoms with E-state index in [0.29, 0.717) is 12.3 Å². The lowest BCUT2D eigenvalue weighted by atomic mass is 9.97. The molecule has 2 aromatic rings. The maximum Gasteiger partial charge on any atom is 0.307 e. The minimum absolute atomic E-state index is 0.0490. The fourth-order valence-electron chi connectivity index (χ4n) is 3.13. The summed E-state index contributed by atoms with van der Waals surface area (Å²) in [5.41, 5.74) is 2.34. The lowest BCUT2D eigenvalue weighted by molar-refractivity contribution is -0.142. The third kappa shape index (κ3) is 5.58. The van der Waals surface area contributed by atoms with Gasteiger partial charge in [0.2, 0.25) is 0 Å². The van der Waals surface area contributed by atoms with Crippen molar-refractivity contribution in [2.45, 2.75) is 31.8 Å². The molecule has 2 rings (SSSR count). The molecule has 0 fully saturated rings. The van der Waals surface area contributed by atoms with E-state index in [1.165, 1.54) is 12.7 Å². The summed E-state index contributed by atoms with van der Waals surface area (Å²) in [5, 5.41) is 0. The monoisotopic (exact) mass is 359 g/mol. The second-order valence-electron chi connectivity index (χ2n) is 6.07. The van der Waals surface area contributed by atoms with Gasteiger partial charge in [0, 0.05) is 24.5 Å². The van der Waals surface area contributed by atoms with Crippen LogP contribution in [0.1, 0.15) is 43.0 Å². The summed E-state index contributed by atoms with van der Waals surface area (Å²) < 4.78 is 4.95. The SMILES string of the molecule is COC(=O)C[C@@H](c1ccccc1)N(CCCCl)[C@H](C)c1ccccc1. The highest BCUT2D eigenvalue weighted by Gasteiger charge is 2.28. The molecule has 3 nitrogen and oxygen atoms in total. The zero-order valence-electron chi connectivity index (χ0n) is 14.9. The predicted octanol–water partition coefficient (Wildman–Crippen LogP) is 4.98. The second-order valence-corrected chi connectivity index (χ2v) is 6.45. The van der Waals surface area contributed by atoms with Gasteiger partial charge >= 0.3 is 5.97 Å². The van der Waals surface area contributed by atoms with Crippen LogP contribution >= 0.6 is 11.6 Å². The zero-order chi connectivity index (χ0) is 18.1. The lowest BCUT2D eigenvalue weighted by Gasteiger charge is -2.36. The number of hydrogen-bond acceptors (Lipinski definition) is 3. The Balaban J connectivity index is 2.36. The van der Waals surface area contributed by atoms with Gasteiger partial charge in [0.05, 0.1) is 13.5 Å². The molecule has 0 bridgehead atoms. The van der Waals surface area contributed by atoms with Crippen LogP contribution in [-0.4, -0.2) is 30.4 Å². The van der Waals surface area contributed by atoms with Gasteiger partial charge in [0.1, 0.15) is 0 Å². The van der Waals surface area contributed by atoms with E-state index < -0.39 is 0 Å². The molecule has 2 aromatic carbocycles. The van der Waals surface area contributed by atoms with Crippen molar-refractivity contribution in [3.63, 3.8) is 0 Å². The molecule has 0 aliphatic carbocycles. The number of benzene rings is 2. The van der Waals surface area contributed by atoms with Crippen molar-refractivity contribution in [3.8, 4) is 0 Å². The molecule has 0 radical (unpaired) electrons. The molecule has 0 aliphatic rings. The van der Waals surface area contributed by atoms with Gasteiger partial charge in [-0.1, -0.05) is 60.7 Å². The summed E-state index contributed by atoms with van der Waals surface area (Å²) in [6.07, 6.45) is 1.18. The van der Waals surface area contributed by atoms with Crippen LogP contribution in [0.15, 0.2) is 60.7 Å². The van der Waals surface area contributed by atoms with Gasteiger partial charge in [0.25, 0.3) is 0 Å². The van der Waals surface area contributed by atoms with Crippen LogP contribution in [0.3, 0.4) is 0 Å². The second kappa shape index (κ2) is 10.2. The van der Waals surface area contributed by atoms with Crippen molar-refractivity contribution in [1.82, 2.24) is 4.90 Å². The Hall–Kier alpha value is -1.84. The van der Waals surface area contributed by atoms with Gasteiger partial charge in [-0.2, -0.15) is 0 Å². The summed E-state index contributed by atoms with van der Waals surface area (Å²) in [6, 6.07) is 20.6. The smallest absolute Gasteiger partial charge is 0.307 e. The maximum atomic E-state index is 12.1. The van der Waals surface area contributed by atoms with Crippen LogP contribution in [-0.2, 0) is 9.53 Å². The fraction of sp³-hybridized carbons (Fsp3) is 0.381. The van der Waals surface area contributed by atoms with Crippen molar-refractivity contribution in [3.05, 3.63) is 71.8 Å². The first-order valence-corrected chi connectivity index (χ1v) is 9.19. The highest BCUT2D eigenvalue weighted by atomic mass is 35.5. The molecule has 0 aliphatic heterocycles. The Morgan fingerprint density at radius 1 is 1.04 bits per heavy atom. The number of carbonyl (C=O) groups excluding carboxylic acids is 1. The Bertz CT molecular complexity index is 633. The number of nitrogens with zero attached hydrogens (tertiary/aromatic N) is 1. The van der Waals surface area contributed by atoms with E-state index in [1.54, 1.807) is 0 Å². The topological polar surface area (TPSA) is 29.5 Å². The molecule has 0 unspecified atom stereocenters. The molecule has 0 N–H and O–H groups in total. The first kappa shape index (κ1) is 19.5. The van der Waals surface area contributed by atoms with Crippen molar-refractivity contribution in [2.75, 3.05) is 19.5 Å². The summed E-state index contributed by atoms with van der Waals surface area (Å²) in [4.78, 5) is 14.4. The van der Waals surface area contributed by atoms with E-state index in [4.69, 9.17) is 16.3 Å². The van der Waals surface area contributed by atoms with Gasteiger partial charge in [-0.25, -0.2) is 0 Å². The molecule has 25 heavy (non-hydrogen) atoms. The normalized spacial score (nSPS) is 13.4. The molecule has 0 aromatic heterocycles. The van der Waals surface area contributed by atoms with Crippen molar-refractivity contribution in [1.29, 1.82) is 0 Å². The van der Waals surface area contributed by atoms with Crippen LogP contribution < -0.4 is 0 Å². The summed E-state index contributed by atoms with van der Waals surface area (Å²) >= 11 is 5.96. The van der Waals surface area contributed by atoms with Crippen LogP contribution in [0, 0.1) is 0 Å². The fourth-order valence-corrected chi connectivity index (χ4v) is 3.25. The average Bonchev–Trinajstić information content (AvgIpc) is 2.68. The molecular weight excluding hydrogens is 334 g/mol. The van der Waals surface area contributed by atoms with E-state index in [0.717, 1.165) is 18.5 Å². The minimum atomic E-state index is -0.204. The zero-order valence-corrected chi connectivity index (χ0v) is 15.7. The van der Waals surface area contributed by atoms with Crippen LogP contribution in [0.5, 0.6) is 0 Å². The molecule has 0 spiro atoms. The molecule has 0 saturated carbocycles. The van der Waals surface area contributed by atoms with Crippen LogP contribution in [0.2, 0.25) is 0 Å². The molecule has 0 heterocycles. The Kier molecular flexibility index (Phi) is 7.96. The number of methoxy groups -OCH3 is 1. The largest absolute Gasteiger partial charge is 0.469 e. The number of halogens is 1.